The van der Waals surface area contributed by atoms with E-state index in [1.54, 1.807) is 11.3 Å². The minimum atomic E-state index is -0.802. The summed E-state index contributed by atoms with van der Waals surface area (Å²) in [7, 11) is 0. The summed E-state index contributed by atoms with van der Waals surface area (Å²) in [4.78, 5) is 13.4. The van der Waals surface area contributed by atoms with Crippen LogP contribution in [0.15, 0.2) is 6.07 Å². The number of thiophene rings is 1. The van der Waals surface area contributed by atoms with Crippen LogP contribution in [0.1, 0.15) is 34.7 Å². The summed E-state index contributed by atoms with van der Waals surface area (Å²) in [5, 5.41) is 12.2. The minimum Gasteiger partial charge on any atom is -0.480 e. The van der Waals surface area contributed by atoms with Crippen molar-refractivity contribution in [3.63, 3.8) is 0 Å². The molecule has 1 aromatic heterocycles. The highest BCUT2D eigenvalue weighted by Gasteiger charge is 2.21. The van der Waals surface area contributed by atoms with E-state index in [0.29, 0.717) is 0 Å². The van der Waals surface area contributed by atoms with Gasteiger partial charge in [0.25, 0.3) is 0 Å². The van der Waals surface area contributed by atoms with Crippen molar-refractivity contribution >= 4 is 17.3 Å². The van der Waals surface area contributed by atoms with Crippen molar-refractivity contribution < 1.29 is 9.90 Å². The number of carboxylic acids is 1. The molecule has 1 heterocycles. The average molecular weight is 227 g/mol. The zero-order valence-electron chi connectivity index (χ0n) is 9.33. The second-order valence-electron chi connectivity index (χ2n) is 3.59. The number of carbonyl (C=O) groups is 1. The van der Waals surface area contributed by atoms with E-state index in [9.17, 15) is 4.79 Å². The van der Waals surface area contributed by atoms with E-state index in [2.05, 4.69) is 5.32 Å². The van der Waals surface area contributed by atoms with E-state index >= 15 is 0 Å². The number of aryl methyl sites for hydroxylation is 2. The zero-order chi connectivity index (χ0) is 11.4. The molecule has 4 heteroatoms. The van der Waals surface area contributed by atoms with Crippen molar-refractivity contribution in [3.05, 3.63) is 21.4 Å². The summed E-state index contributed by atoms with van der Waals surface area (Å²) in [6.45, 7) is 6.72. The Labute approximate surface area is 94.1 Å². The molecule has 15 heavy (non-hydrogen) atoms. The highest BCUT2D eigenvalue weighted by molar-refractivity contribution is 7.12. The number of hydrogen-bond acceptors (Lipinski definition) is 3. The topological polar surface area (TPSA) is 49.3 Å². The van der Waals surface area contributed by atoms with E-state index in [1.807, 2.05) is 26.8 Å². The van der Waals surface area contributed by atoms with Crippen LogP contribution in [-0.4, -0.2) is 17.6 Å². The van der Waals surface area contributed by atoms with Gasteiger partial charge in [0, 0.05) is 9.75 Å². The fourth-order valence-corrected chi connectivity index (χ4v) is 2.52. The molecule has 0 radical (unpaired) electrons. The predicted molar refractivity (Wildman–Crippen MR) is 62.5 cm³/mol. The molecule has 0 aliphatic carbocycles. The third-order valence-corrected chi connectivity index (χ3v) is 3.22. The van der Waals surface area contributed by atoms with Crippen LogP contribution in [0.3, 0.4) is 0 Å². The van der Waals surface area contributed by atoms with Gasteiger partial charge in [-0.1, -0.05) is 6.92 Å². The molecule has 2 N–H and O–H groups in total. The Balaban J connectivity index is 2.88. The third-order valence-electron chi connectivity index (χ3n) is 2.24. The van der Waals surface area contributed by atoms with Crippen molar-refractivity contribution in [1.82, 2.24) is 5.32 Å². The SMILES string of the molecule is CCCNC(C(=O)O)c1cc(C)sc1C. The van der Waals surface area contributed by atoms with Crippen LogP contribution in [0.5, 0.6) is 0 Å². The third kappa shape index (κ3) is 3.04. The first-order valence-corrected chi connectivity index (χ1v) is 5.91. The van der Waals surface area contributed by atoms with Gasteiger partial charge in [-0.2, -0.15) is 0 Å². The van der Waals surface area contributed by atoms with Crippen molar-refractivity contribution in [2.45, 2.75) is 33.2 Å². The van der Waals surface area contributed by atoms with Crippen molar-refractivity contribution in [3.8, 4) is 0 Å². The lowest BCUT2D eigenvalue weighted by Crippen LogP contribution is -2.29. The molecule has 0 aromatic carbocycles. The highest BCUT2D eigenvalue weighted by Crippen LogP contribution is 2.26. The van der Waals surface area contributed by atoms with Crippen LogP contribution < -0.4 is 5.32 Å². The fraction of sp³-hybridized carbons (Fsp3) is 0.545. The van der Waals surface area contributed by atoms with Gasteiger partial charge in [-0.25, -0.2) is 0 Å². The van der Waals surface area contributed by atoms with Crippen LogP contribution in [-0.2, 0) is 4.79 Å². The molecular weight excluding hydrogens is 210 g/mol. The Bertz CT molecular complexity index is 346. The van der Waals surface area contributed by atoms with Gasteiger partial charge in [-0.3, -0.25) is 4.79 Å². The quantitative estimate of drug-likeness (QED) is 0.812. The molecule has 3 nitrogen and oxygen atoms in total. The summed E-state index contributed by atoms with van der Waals surface area (Å²) in [6.07, 6.45) is 0.936. The van der Waals surface area contributed by atoms with Crippen molar-refractivity contribution in [1.29, 1.82) is 0 Å². The molecule has 0 spiro atoms. The molecule has 0 fully saturated rings. The molecular formula is C11H17NO2S. The molecule has 0 aliphatic rings. The maximum atomic E-state index is 11.1. The smallest absolute Gasteiger partial charge is 0.325 e. The molecule has 84 valence electrons. The number of nitrogens with one attached hydrogen (secondary N) is 1. The monoisotopic (exact) mass is 227 g/mol. The highest BCUT2D eigenvalue weighted by atomic mass is 32.1. The Morgan fingerprint density at radius 1 is 1.60 bits per heavy atom. The molecule has 0 saturated heterocycles. The van der Waals surface area contributed by atoms with Gasteiger partial charge in [-0.05, 0) is 38.4 Å². The first kappa shape index (κ1) is 12.2. The first-order chi connectivity index (χ1) is 7.06. The average Bonchev–Trinajstić information content (AvgIpc) is 2.46. The van der Waals surface area contributed by atoms with Crippen LogP contribution in [0, 0.1) is 13.8 Å². The maximum absolute atomic E-state index is 11.1. The van der Waals surface area contributed by atoms with Gasteiger partial charge >= 0.3 is 5.97 Å². The fourth-order valence-electron chi connectivity index (χ4n) is 1.56. The molecule has 0 saturated carbocycles. The molecule has 0 aliphatic heterocycles. The number of aliphatic carboxylic acids is 1. The zero-order valence-corrected chi connectivity index (χ0v) is 10.1. The molecule has 0 bridgehead atoms. The summed E-state index contributed by atoms with van der Waals surface area (Å²) in [5.74, 6) is -0.802. The Morgan fingerprint density at radius 3 is 2.67 bits per heavy atom. The Morgan fingerprint density at radius 2 is 2.27 bits per heavy atom. The van der Waals surface area contributed by atoms with Gasteiger partial charge in [0.2, 0.25) is 0 Å². The Hall–Kier alpha value is -0.870. The van der Waals surface area contributed by atoms with Gasteiger partial charge in [0.15, 0.2) is 0 Å². The molecule has 0 amide bonds. The summed E-state index contributed by atoms with van der Waals surface area (Å²) in [5.41, 5.74) is 0.901. The Kier molecular flexibility index (Phi) is 4.29. The van der Waals surface area contributed by atoms with Gasteiger partial charge in [0.05, 0.1) is 0 Å². The lowest BCUT2D eigenvalue weighted by molar-refractivity contribution is -0.139. The first-order valence-electron chi connectivity index (χ1n) is 5.09. The van der Waals surface area contributed by atoms with E-state index in [1.165, 1.54) is 0 Å². The van der Waals surface area contributed by atoms with Gasteiger partial charge in [-0.15, -0.1) is 11.3 Å². The second kappa shape index (κ2) is 5.28. The largest absolute Gasteiger partial charge is 0.480 e. The maximum Gasteiger partial charge on any atom is 0.325 e. The number of rotatable bonds is 5. The van der Waals surface area contributed by atoms with Crippen molar-refractivity contribution in [2.75, 3.05) is 6.54 Å². The van der Waals surface area contributed by atoms with E-state index < -0.39 is 12.0 Å². The normalized spacial score (nSPS) is 12.7. The number of hydrogen-bond donors (Lipinski definition) is 2. The lowest BCUT2D eigenvalue weighted by Gasteiger charge is -2.13. The van der Waals surface area contributed by atoms with E-state index in [0.717, 1.165) is 28.3 Å². The summed E-state index contributed by atoms with van der Waals surface area (Å²) < 4.78 is 0. The van der Waals surface area contributed by atoms with E-state index in [-0.39, 0.29) is 0 Å². The van der Waals surface area contributed by atoms with Gasteiger partial charge in [0.1, 0.15) is 6.04 Å². The minimum absolute atomic E-state index is 0.560. The van der Waals surface area contributed by atoms with Gasteiger partial charge < -0.3 is 10.4 Å². The second-order valence-corrected chi connectivity index (χ2v) is 5.05. The summed E-state index contributed by atoms with van der Waals surface area (Å²) in [6, 6.07) is 1.40. The number of carboxylic acid groups (broad SMARTS) is 1. The van der Waals surface area contributed by atoms with Crippen LogP contribution in [0.2, 0.25) is 0 Å². The van der Waals surface area contributed by atoms with Crippen LogP contribution >= 0.6 is 11.3 Å². The molecule has 1 aromatic rings. The van der Waals surface area contributed by atoms with Crippen LogP contribution in [0.4, 0.5) is 0 Å². The lowest BCUT2D eigenvalue weighted by atomic mass is 10.1. The molecule has 1 rings (SSSR count). The van der Waals surface area contributed by atoms with E-state index in [4.69, 9.17) is 5.11 Å². The predicted octanol–water partition coefficient (Wildman–Crippen LogP) is 2.49. The standard InChI is InChI=1S/C11H17NO2S/c1-4-5-12-10(11(13)14)9-6-7(2)15-8(9)3/h6,10,12H,4-5H2,1-3H3,(H,13,14). The summed E-state index contributed by atoms with van der Waals surface area (Å²) >= 11 is 1.65. The van der Waals surface area contributed by atoms with Crippen molar-refractivity contribution in [2.24, 2.45) is 0 Å². The van der Waals surface area contributed by atoms with Crippen LogP contribution in [0.25, 0.3) is 0 Å². The molecule has 1 unspecified atom stereocenters. The molecule has 1 atom stereocenters.